The molecule has 0 unspecified atom stereocenters. The molecule has 11 nitrogen and oxygen atoms in total. The summed E-state index contributed by atoms with van der Waals surface area (Å²) in [6.07, 6.45) is 0.838. The van der Waals surface area contributed by atoms with Gasteiger partial charge in [-0.1, -0.05) is 54.0 Å². The second-order valence-corrected chi connectivity index (χ2v) is 14.3. The smallest absolute Gasteiger partial charge is 0.407 e. The Morgan fingerprint density at radius 2 is 1.60 bits per heavy atom. The highest BCUT2D eigenvalue weighted by Crippen LogP contribution is 2.32. The summed E-state index contributed by atoms with van der Waals surface area (Å²) in [6.45, 7) is 18.2. The first-order valence-corrected chi connectivity index (χ1v) is 17.0. The number of carbonyl (C=O) groups excluding carboxylic acids is 3. The van der Waals surface area contributed by atoms with Gasteiger partial charge < -0.3 is 40.4 Å². The SMILES string of the molecule is CC[C@H](C)[C@H](NC(=O)[C@@H](C[C@H](O)[C@H](C[C@H](Cc1ccc(OC)c(OCCCOC)c1)C(C)C)NC(=O)OC(C)(C)C)C(C)C)C(N)=O. The van der Waals surface area contributed by atoms with Crippen molar-refractivity contribution in [3.63, 3.8) is 0 Å². The zero-order valence-corrected chi connectivity index (χ0v) is 30.7. The van der Waals surface area contributed by atoms with E-state index in [9.17, 15) is 19.5 Å². The van der Waals surface area contributed by atoms with Crippen LogP contribution in [0.3, 0.4) is 0 Å². The molecule has 1 aromatic carbocycles. The van der Waals surface area contributed by atoms with Crippen LogP contribution in [-0.4, -0.2) is 74.2 Å². The molecule has 0 aliphatic rings. The summed E-state index contributed by atoms with van der Waals surface area (Å²) in [6, 6.07) is 4.32. The Balaban J connectivity index is 3.32. The number of amides is 3. The van der Waals surface area contributed by atoms with Crippen molar-refractivity contribution in [2.45, 2.75) is 118 Å². The molecule has 3 amide bonds. The van der Waals surface area contributed by atoms with Crippen LogP contribution in [0.5, 0.6) is 11.5 Å². The van der Waals surface area contributed by atoms with Crippen LogP contribution in [0.2, 0.25) is 0 Å². The molecule has 1 aromatic rings. The molecule has 0 aliphatic carbocycles. The van der Waals surface area contributed by atoms with E-state index in [1.54, 1.807) is 35.0 Å². The molecule has 47 heavy (non-hydrogen) atoms. The van der Waals surface area contributed by atoms with Crippen LogP contribution in [0.1, 0.15) is 93.6 Å². The third-order valence-electron chi connectivity index (χ3n) is 8.60. The zero-order chi connectivity index (χ0) is 35.9. The summed E-state index contributed by atoms with van der Waals surface area (Å²) in [5.74, 6) is -0.364. The highest BCUT2D eigenvalue weighted by molar-refractivity contribution is 5.87. The number of hydrogen-bond acceptors (Lipinski definition) is 8. The maximum absolute atomic E-state index is 13.5. The minimum atomic E-state index is -1.08. The van der Waals surface area contributed by atoms with Gasteiger partial charge in [0, 0.05) is 26.1 Å². The van der Waals surface area contributed by atoms with Crippen LogP contribution in [0.4, 0.5) is 4.79 Å². The molecule has 0 bridgehead atoms. The second-order valence-electron chi connectivity index (χ2n) is 14.3. The average Bonchev–Trinajstić information content (AvgIpc) is 2.98. The van der Waals surface area contributed by atoms with Crippen molar-refractivity contribution in [2.24, 2.45) is 35.3 Å². The molecule has 270 valence electrons. The number of carbonyl (C=O) groups is 3. The quantitative estimate of drug-likeness (QED) is 0.130. The van der Waals surface area contributed by atoms with Crippen molar-refractivity contribution in [2.75, 3.05) is 27.4 Å². The Morgan fingerprint density at radius 1 is 0.936 bits per heavy atom. The van der Waals surface area contributed by atoms with E-state index in [2.05, 4.69) is 24.5 Å². The number of hydrogen-bond donors (Lipinski definition) is 4. The van der Waals surface area contributed by atoms with E-state index in [1.807, 2.05) is 45.9 Å². The number of nitrogens with one attached hydrogen (secondary N) is 2. The lowest BCUT2D eigenvalue weighted by atomic mass is 9.80. The molecule has 0 fully saturated rings. The zero-order valence-electron chi connectivity index (χ0n) is 30.7. The predicted molar refractivity (Wildman–Crippen MR) is 184 cm³/mol. The molecule has 0 aromatic heterocycles. The molecule has 0 spiro atoms. The first-order chi connectivity index (χ1) is 21.9. The molecule has 0 saturated carbocycles. The number of aliphatic hydroxyl groups is 1. The topological polar surface area (TPSA) is 158 Å². The van der Waals surface area contributed by atoms with Crippen LogP contribution in [0.15, 0.2) is 18.2 Å². The van der Waals surface area contributed by atoms with Crippen LogP contribution in [-0.2, 0) is 25.5 Å². The van der Waals surface area contributed by atoms with Crippen LogP contribution >= 0.6 is 0 Å². The molecule has 6 atom stereocenters. The molecular formula is C36H63N3O8. The molecule has 0 heterocycles. The Morgan fingerprint density at radius 3 is 2.11 bits per heavy atom. The number of ether oxygens (including phenoxy) is 4. The summed E-state index contributed by atoms with van der Waals surface area (Å²) in [5.41, 5.74) is 5.91. The standard InChI is InChI=1S/C36H63N3O8/c1-12-24(6)32(33(37)41)39-34(42)27(23(4)5)21-29(40)28(38-35(43)47-36(7,8)9)20-26(22(2)3)18-25-14-15-30(45-11)31(19-25)46-17-13-16-44-10/h14-15,19,22-24,26-29,32,40H,12-13,16-18,20-21H2,1-11H3,(H2,37,41)(H,38,43)(H,39,42)/t24-,26-,27-,28-,29-,32-/m0/s1. The third-order valence-corrected chi connectivity index (χ3v) is 8.60. The largest absolute Gasteiger partial charge is 0.493 e. The van der Waals surface area contributed by atoms with Gasteiger partial charge in [-0.25, -0.2) is 4.79 Å². The van der Waals surface area contributed by atoms with Crippen molar-refractivity contribution in [1.29, 1.82) is 0 Å². The van der Waals surface area contributed by atoms with Crippen LogP contribution in [0.25, 0.3) is 0 Å². The van der Waals surface area contributed by atoms with Gasteiger partial charge in [-0.3, -0.25) is 9.59 Å². The van der Waals surface area contributed by atoms with Crippen LogP contribution < -0.4 is 25.8 Å². The second kappa shape index (κ2) is 20.3. The fourth-order valence-corrected chi connectivity index (χ4v) is 5.43. The lowest BCUT2D eigenvalue weighted by Gasteiger charge is -2.33. The number of alkyl carbamates (subject to hydrolysis) is 1. The highest BCUT2D eigenvalue weighted by atomic mass is 16.6. The minimum absolute atomic E-state index is 0.0373. The van der Waals surface area contributed by atoms with Gasteiger partial charge in [-0.2, -0.15) is 0 Å². The minimum Gasteiger partial charge on any atom is -0.493 e. The fraction of sp³-hybridized carbons (Fsp3) is 0.750. The summed E-state index contributed by atoms with van der Waals surface area (Å²) in [4.78, 5) is 38.6. The van der Waals surface area contributed by atoms with E-state index >= 15 is 0 Å². The highest BCUT2D eigenvalue weighted by Gasteiger charge is 2.35. The summed E-state index contributed by atoms with van der Waals surface area (Å²) < 4.78 is 22.2. The van der Waals surface area contributed by atoms with Crippen molar-refractivity contribution < 1.29 is 38.4 Å². The number of rotatable bonds is 21. The lowest BCUT2D eigenvalue weighted by molar-refractivity contribution is -0.132. The van der Waals surface area contributed by atoms with Gasteiger partial charge in [0.25, 0.3) is 0 Å². The Hall–Kier alpha value is -3.05. The normalized spacial score (nSPS) is 15.7. The molecule has 0 aliphatic heterocycles. The average molecular weight is 666 g/mol. The summed E-state index contributed by atoms with van der Waals surface area (Å²) in [5, 5.41) is 17.4. The van der Waals surface area contributed by atoms with Crippen molar-refractivity contribution in [3.8, 4) is 11.5 Å². The number of methoxy groups -OCH3 is 2. The fourth-order valence-electron chi connectivity index (χ4n) is 5.43. The lowest BCUT2D eigenvalue weighted by Crippen LogP contribution is -2.52. The van der Waals surface area contributed by atoms with E-state index in [1.165, 1.54) is 0 Å². The van der Waals surface area contributed by atoms with Crippen molar-refractivity contribution in [3.05, 3.63) is 23.8 Å². The number of aliphatic hydroxyl groups excluding tert-OH is 1. The van der Waals surface area contributed by atoms with Crippen LogP contribution in [0, 0.1) is 29.6 Å². The van der Waals surface area contributed by atoms with E-state index in [4.69, 9.17) is 24.7 Å². The van der Waals surface area contributed by atoms with Gasteiger partial charge in [0.2, 0.25) is 11.8 Å². The van der Waals surface area contributed by atoms with Gasteiger partial charge in [0.05, 0.1) is 25.9 Å². The first kappa shape index (κ1) is 42.0. The molecule has 1 rings (SSSR count). The van der Waals surface area contributed by atoms with Gasteiger partial charge in [-0.15, -0.1) is 0 Å². The van der Waals surface area contributed by atoms with E-state index in [0.717, 1.165) is 12.0 Å². The van der Waals surface area contributed by atoms with E-state index in [-0.39, 0.29) is 36.0 Å². The first-order valence-electron chi connectivity index (χ1n) is 17.0. The molecule has 0 saturated heterocycles. The van der Waals surface area contributed by atoms with Gasteiger partial charge in [-0.05, 0) is 81.4 Å². The van der Waals surface area contributed by atoms with E-state index in [0.29, 0.717) is 44.0 Å². The summed E-state index contributed by atoms with van der Waals surface area (Å²) >= 11 is 0. The Labute approximate surface area is 283 Å². The molecule has 0 radical (unpaired) electrons. The Bertz CT molecular complexity index is 1100. The van der Waals surface area contributed by atoms with Gasteiger partial charge in [0.1, 0.15) is 11.6 Å². The van der Waals surface area contributed by atoms with Crippen molar-refractivity contribution >= 4 is 17.9 Å². The number of benzene rings is 1. The maximum Gasteiger partial charge on any atom is 0.407 e. The Kier molecular flexibility index (Phi) is 18.2. The van der Waals surface area contributed by atoms with Gasteiger partial charge >= 0.3 is 6.09 Å². The van der Waals surface area contributed by atoms with E-state index < -0.39 is 41.7 Å². The predicted octanol–water partition coefficient (Wildman–Crippen LogP) is 5.25. The molecule has 5 N–H and O–H groups in total. The monoisotopic (exact) mass is 665 g/mol. The van der Waals surface area contributed by atoms with Gasteiger partial charge in [0.15, 0.2) is 11.5 Å². The molecule has 11 heteroatoms. The number of nitrogens with two attached hydrogens (primary N) is 1. The summed E-state index contributed by atoms with van der Waals surface area (Å²) in [7, 11) is 3.26. The maximum atomic E-state index is 13.5. The molecular weight excluding hydrogens is 602 g/mol. The van der Waals surface area contributed by atoms with Crippen molar-refractivity contribution in [1.82, 2.24) is 10.6 Å². The third kappa shape index (κ3) is 15.1. The number of primary amides is 1.